The van der Waals surface area contributed by atoms with E-state index in [0.29, 0.717) is 5.92 Å². The maximum atomic E-state index is 5.29. The van der Waals surface area contributed by atoms with Gasteiger partial charge < -0.3 is 4.98 Å². The van der Waals surface area contributed by atoms with Crippen molar-refractivity contribution in [1.29, 1.82) is 0 Å². The van der Waals surface area contributed by atoms with E-state index in [0.717, 1.165) is 10.5 Å². The van der Waals surface area contributed by atoms with Crippen LogP contribution in [0.5, 0.6) is 0 Å². The molecule has 0 unspecified atom stereocenters. The molecule has 1 fully saturated rings. The highest BCUT2D eigenvalue weighted by Crippen LogP contribution is 2.31. The summed E-state index contributed by atoms with van der Waals surface area (Å²) in [7, 11) is 0. The van der Waals surface area contributed by atoms with Gasteiger partial charge in [0.05, 0.1) is 0 Å². The van der Waals surface area contributed by atoms with Crippen molar-refractivity contribution in [3.63, 3.8) is 0 Å². The summed E-state index contributed by atoms with van der Waals surface area (Å²) in [5.74, 6) is 1.70. The summed E-state index contributed by atoms with van der Waals surface area (Å²) in [6, 6.07) is 2.00. The Morgan fingerprint density at radius 1 is 1.24 bits per heavy atom. The molecule has 1 aliphatic carbocycles. The highest BCUT2D eigenvalue weighted by Gasteiger charge is 2.20. The first-order chi connectivity index (χ1) is 7.97. The minimum Gasteiger partial charge on any atom is -0.346 e. The minimum absolute atomic E-state index is 0.111. The monoisotopic (exact) mass is 250 g/mol. The van der Waals surface area contributed by atoms with Crippen molar-refractivity contribution in [3.05, 3.63) is 22.2 Å². The largest absolute Gasteiger partial charge is 0.346 e. The molecule has 1 aromatic rings. The molecule has 1 saturated carbocycles. The molecular formula is C14H22N2S. The van der Waals surface area contributed by atoms with Crippen LogP contribution in [0.4, 0.5) is 0 Å². The molecule has 0 bridgehead atoms. The average molecular weight is 250 g/mol. The molecule has 3 heteroatoms. The van der Waals surface area contributed by atoms with Gasteiger partial charge in [-0.2, -0.15) is 0 Å². The fourth-order valence-electron chi connectivity index (χ4n) is 2.45. The fourth-order valence-corrected chi connectivity index (χ4v) is 2.67. The molecule has 0 atom stereocenters. The quantitative estimate of drug-likeness (QED) is 0.744. The zero-order chi connectivity index (χ0) is 12.5. The van der Waals surface area contributed by atoms with Gasteiger partial charge in [0.15, 0.2) is 0 Å². The van der Waals surface area contributed by atoms with Gasteiger partial charge >= 0.3 is 0 Å². The molecule has 94 valence electrons. The Kier molecular flexibility index (Phi) is 3.67. The van der Waals surface area contributed by atoms with E-state index < -0.39 is 0 Å². The van der Waals surface area contributed by atoms with Gasteiger partial charge in [-0.3, -0.25) is 0 Å². The maximum Gasteiger partial charge on any atom is 0.130 e. The van der Waals surface area contributed by atoms with Crippen molar-refractivity contribution in [2.24, 2.45) is 0 Å². The minimum atomic E-state index is 0.111. The molecule has 0 spiro atoms. The van der Waals surface area contributed by atoms with Gasteiger partial charge in [-0.1, -0.05) is 52.3 Å². The lowest BCUT2D eigenvalue weighted by Crippen LogP contribution is -2.17. The summed E-state index contributed by atoms with van der Waals surface area (Å²) in [5, 5.41) is 0. The van der Waals surface area contributed by atoms with Gasteiger partial charge in [0.1, 0.15) is 10.5 Å². The Balaban J connectivity index is 2.34. The van der Waals surface area contributed by atoms with E-state index in [-0.39, 0.29) is 5.41 Å². The SMILES string of the molecule is CC(C)(C)c1cc(=S)nc(C2CCCCC2)[nH]1. The van der Waals surface area contributed by atoms with Crippen molar-refractivity contribution < 1.29 is 0 Å². The Bertz CT molecular complexity index is 436. The van der Waals surface area contributed by atoms with Crippen LogP contribution in [0.25, 0.3) is 0 Å². The number of aromatic amines is 1. The molecule has 1 heterocycles. The smallest absolute Gasteiger partial charge is 0.130 e. The highest BCUT2D eigenvalue weighted by atomic mass is 32.1. The molecule has 0 saturated heterocycles. The number of hydrogen-bond acceptors (Lipinski definition) is 2. The Hall–Kier alpha value is -0.700. The van der Waals surface area contributed by atoms with Crippen LogP contribution in [-0.4, -0.2) is 9.97 Å². The summed E-state index contributed by atoms with van der Waals surface area (Å²) in [4.78, 5) is 8.05. The second-order valence-electron chi connectivity index (χ2n) is 6.10. The van der Waals surface area contributed by atoms with Crippen LogP contribution in [0.15, 0.2) is 6.07 Å². The third kappa shape index (κ3) is 3.15. The summed E-state index contributed by atoms with van der Waals surface area (Å²) in [5.41, 5.74) is 1.32. The first-order valence-corrected chi connectivity index (χ1v) is 6.99. The van der Waals surface area contributed by atoms with E-state index in [1.54, 1.807) is 0 Å². The van der Waals surface area contributed by atoms with Crippen molar-refractivity contribution in [2.45, 2.75) is 64.2 Å². The predicted molar refractivity (Wildman–Crippen MR) is 73.9 cm³/mol. The Morgan fingerprint density at radius 2 is 1.88 bits per heavy atom. The average Bonchev–Trinajstić information content (AvgIpc) is 2.28. The number of rotatable bonds is 1. The molecule has 1 aliphatic rings. The van der Waals surface area contributed by atoms with E-state index in [1.165, 1.54) is 37.8 Å². The Labute approximate surface area is 109 Å². The summed E-state index contributed by atoms with van der Waals surface area (Å²) < 4.78 is 0.731. The molecule has 1 N–H and O–H groups in total. The standard InChI is InChI=1S/C14H22N2S/c1-14(2,3)11-9-12(17)16-13(15-11)10-7-5-4-6-8-10/h9-10H,4-8H2,1-3H3,(H,15,16,17). The number of aromatic nitrogens is 2. The van der Waals surface area contributed by atoms with E-state index in [4.69, 9.17) is 12.2 Å². The number of H-pyrrole nitrogens is 1. The highest BCUT2D eigenvalue weighted by molar-refractivity contribution is 7.71. The summed E-state index contributed by atoms with van der Waals surface area (Å²) >= 11 is 5.29. The van der Waals surface area contributed by atoms with Gasteiger partial charge in [0.25, 0.3) is 0 Å². The summed E-state index contributed by atoms with van der Waals surface area (Å²) in [6.07, 6.45) is 6.54. The van der Waals surface area contributed by atoms with Crippen LogP contribution in [0.2, 0.25) is 0 Å². The molecule has 0 amide bonds. The van der Waals surface area contributed by atoms with Crippen LogP contribution in [-0.2, 0) is 5.41 Å². The van der Waals surface area contributed by atoms with Gasteiger partial charge in [-0.25, -0.2) is 4.98 Å². The Morgan fingerprint density at radius 3 is 2.47 bits per heavy atom. The topological polar surface area (TPSA) is 28.7 Å². The number of hydrogen-bond donors (Lipinski definition) is 1. The second kappa shape index (κ2) is 4.89. The van der Waals surface area contributed by atoms with E-state index in [2.05, 4.69) is 30.7 Å². The number of nitrogens with zero attached hydrogens (tertiary/aromatic N) is 1. The fraction of sp³-hybridized carbons (Fsp3) is 0.714. The first kappa shape index (κ1) is 12.7. The van der Waals surface area contributed by atoms with Gasteiger partial charge in [0.2, 0.25) is 0 Å². The molecule has 2 rings (SSSR count). The predicted octanol–water partition coefficient (Wildman–Crippen LogP) is 4.48. The molecular weight excluding hydrogens is 228 g/mol. The molecule has 0 radical (unpaired) electrons. The number of nitrogens with one attached hydrogen (secondary N) is 1. The van der Waals surface area contributed by atoms with Crippen LogP contribution < -0.4 is 0 Å². The van der Waals surface area contributed by atoms with E-state index in [9.17, 15) is 0 Å². The normalized spacial score (nSPS) is 18.3. The molecule has 2 nitrogen and oxygen atoms in total. The van der Waals surface area contributed by atoms with E-state index in [1.807, 2.05) is 6.07 Å². The van der Waals surface area contributed by atoms with E-state index >= 15 is 0 Å². The zero-order valence-electron chi connectivity index (χ0n) is 11.0. The van der Waals surface area contributed by atoms with Crippen molar-refractivity contribution in [3.8, 4) is 0 Å². The van der Waals surface area contributed by atoms with Crippen LogP contribution in [0, 0.1) is 4.64 Å². The van der Waals surface area contributed by atoms with Gasteiger partial charge in [-0.05, 0) is 18.9 Å². The van der Waals surface area contributed by atoms with Gasteiger partial charge in [-0.15, -0.1) is 0 Å². The third-order valence-electron chi connectivity index (χ3n) is 3.56. The summed E-state index contributed by atoms with van der Waals surface area (Å²) in [6.45, 7) is 6.62. The van der Waals surface area contributed by atoms with Crippen molar-refractivity contribution in [2.75, 3.05) is 0 Å². The third-order valence-corrected chi connectivity index (χ3v) is 3.77. The zero-order valence-corrected chi connectivity index (χ0v) is 11.9. The van der Waals surface area contributed by atoms with Crippen LogP contribution >= 0.6 is 12.2 Å². The molecule has 0 aliphatic heterocycles. The molecule has 1 aromatic heterocycles. The van der Waals surface area contributed by atoms with Crippen LogP contribution in [0.1, 0.15) is 70.3 Å². The van der Waals surface area contributed by atoms with Crippen molar-refractivity contribution >= 4 is 12.2 Å². The maximum absolute atomic E-state index is 5.29. The lowest BCUT2D eigenvalue weighted by molar-refractivity contribution is 0.424. The van der Waals surface area contributed by atoms with Crippen LogP contribution in [0.3, 0.4) is 0 Å². The lowest BCUT2D eigenvalue weighted by Gasteiger charge is -2.24. The molecule has 0 aromatic carbocycles. The first-order valence-electron chi connectivity index (χ1n) is 6.58. The lowest BCUT2D eigenvalue weighted by atomic mass is 9.87. The molecule has 17 heavy (non-hydrogen) atoms. The van der Waals surface area contributed by atoms with Gasteiger partial charge in [0, 0.05) is 17.0 Å². The van der Waals surface area contributed by atoms with Crippen molar-refractivity contribution in [1.82, 2.24) is 9.97 Å². The second-order valence-corrected chi connectivity index (χ2v) is 6.52.